The van der Waals surface area contributed by atoms with E-state index in [4.69, 9.17) is 31.2 Å². The number of hydrogen-bond donors (Lipinski definition) is 1. The average Bonchev–Trinajstić information content (AvgIpc) is 3.43. The van der Waals surface area contributed by atoms with Crippen LogP contribution in [-0.4, -0.2) is 39.5 Å². The fraction of sp³-hybridized carbons (Fsp3) is 0.286. The Kier molecular flexibility index (Phi) is 6.10. The van der Waals surface area contributed by atoms with Crippen LogP contribution in [0.25, 0.3) is 17.4 Å². The van der Waals surface area contributed by atoms with Crippen LogP contribution >= 0.6 is 24.0 Å². The van der Waals surface area contributed by atoms with E-state index in [2.05, 4.69) is 0 Å². The first-order valence-corrected chi connectivity index (χ1v) is 10.7. The molecule has 1 amide bonds. The Morgan fingerprint density at radius 2 is 2.00 bits per heavy atom. The van der Waals surface area contributed by atoms with Crippen LogP contribution in [0, 0.1) is 0 Å². The highest BCUT2D eigenvalue weighted by Gasteiger charge is 2.31. The van der Waals surface area contributed by atoms with Gasteiger partial charge in [0.1, 0.15) is 15.8 Å². The van der Waals surface area contributed by atoms with E-state index in [0.717, 1.165) is 12.0 Å². The molecule has 156 valence electrons. The van der Waals surface area contributed by atoms with Crippen molar-refractivity contribution in [3.8, 4) is 22.8 Å². The molecule has 1 fully saturated rings. The number of benzene rings is 1. The van der Waals surface area contributed by atoms with Crippen molar-refractivity contribution in [3.05, 3.63) is 41.0 Å². The van der Waals surface area contributed by atoms with Gasteiger partial charge in [0.2, 0.25) is 6.79 Å². The Balaban J connectivity index is 1.40. The van der Waals surface area contributed by atoms with Crippen LogP contribution in [0.1, 0.15) is 31.4 Å². The van der Waals surface area contributed by atoms with Gasteiger partial charge < -0.3 is 19.0 Å². The topological polar surface area (TPSA) is 89.2 Å². The third kappa shape index (κ3) is 4.52. The molecule has 7 nitrogen and oxygen atoms in total. The Hall–Kier alpha value is -2.78. The Morgan fingerprint density at radius 3 is 2.83 bits per heavy atom. The molecule has 1 saturated heterocycles. The maximum absolute atomic E-state index is 12.7. The van der Waals surface area contributed by atoms with Crippen molar-refractivity contribution in [2.75, 3.05) is 13.3 Å². The molecule has 1 aromatic carbocycles. The molecule has 0 saturated carbocycles. The van der Waals surface area contributed by atoms with E-state index in [1.54, 1.807) is 17.0 Å². The van der Waals surface area contributed by atoms with E-state index in [1.807, 2.05) is 24.3 Å². The van der Waals surface area contributed by atoms with Crippen LogP contribution in [0.4, 0.5) is 0 Å². The van der Waals surface area contributed by atoms with Crippen molar-refractivity contribution in [2.24, 2.45) is 0 Å². The molecule has 0 unspecified atom stereocenters. The van der Waals surface area contributed by atoms with Gasteiger partial charge in [-0.15, -0.1) is 0 Å². The van der Waals surface area contributed by atoms with Gasteiger partial charge in [0.15, 0.2) is 11.5 Å². The molecule has 1 aromatic heterocycles. The molecule has 2 aliphatic rings. The van der Waals surface area contributed by atoms with Crippen LogP contribution in [-0.2, 0) is 9.59 Å². The van der Waals surface area contributed by atoms with Crippen molar-refractivity contribution < 1.29 is 28.6 Å². The van der Waals surface area contributed by atoms with Crippen LogP contribution in [0.15, 0.2) is 39.7 Å². The molecule has 1 N–H and O–H groups in total. The minimum absolute atomic E-state index is 0.141. The number of furan rings is 1. The van der Waals surface area contributed by atoms with Crippen LogP contribution < -0.4 is 9.47 Å². The van der Waals surface area contributed by atoms with Crippen molar-refractivity contribution >= 4 is 46.3 Å². The van der Waals surface area contributed by atoms with E-state index in [-0.39, 0.29) is 19.1 Å². The first-order chi connectivity index (χ1) is 14.5. The molecule has 0 atom stereocenters. The summed E-state index contributed by atoms with van der Waals surface area (Å²) in [4.78, 5) is 25.3. The predicted octanol–water partition coefficient (Wildman–Crippen LogP) is 4.52. The molecular weight excluding hydrogens is 426 g/mol. The molecule has 3 heterocycles. The quantitative estimate of drug-likeness (QED) is 0.360. The number of carbonyl (C=O) groups excluding carboxylic acids is 1. The number of aliphatic carboxylic acids is 1. The van der Waals surface area contributed by atoms with Gasteiger partial charge in [-0.25, -0.2) is 0 Å². The number of amides is 1. The standard InChI is InChI=1S/C21H19NO6S2/c23-19(24)4-2-1-3-9-22-20(25)18(30-21(22)29)11-14-6-8-15(28-14)13-5-7-16-17(10-13)27-12-26-16/h5-8,10-11H,1-4,9,12H2,(H,23,24). The molecule has 4 rings (SSSR count). The zero-order valence-electron chi connectivity index (χ0n) is 16.0. The van der Waals surface area contributed by atoms with E-state index < -0.39 is 5.97 Å². The average molecular weight is 446 g/mol. The number of nitrogens with zero attached hydrogens (tertiary/aromatic N) is 1. The van der Waals surface area contributed by atoms with Crippen LogP contribution in [0.3, 0.4) is 0 Å². The second-order valence-electron chi connectivity index (χ2n) is 6.81. The molecule has 30 heavy (non-hydrogen) atoms. The highest BCUT2D eigenvalue weighted by molar-refractivity contribution is 8.26. The highest BCUT2D eigenvalue weighted by atomic mass is 32.2. The molecule has 0 bridgehead atoms. The summed E-state index contributed by atoms with van der Waals surface area (Å²) in [6, 6.07) is 9.22. The summed E-state index contributed by atoms with van der Waals surface area (Å²) < 4.78 is 17.1. The molecule has 2 aromatic rings. The van der Waals surface area contributed by atoms with Gasteiger partial charge in [-0.1, -0.05) is 30.4 Å². The van der Waals surface area contributed by atoms with Crippen molar-refractivity contribution in [3.63, 3.8) is 0 Å². The van der Waals surface area contributed by atoms with E-state index in [9.17, 15) is 9.59 Å². The smallest absolute Gasteiger partial charge is 0.303 e. The number of hydrogen-bond acceptors (Lipinski definition) is 7. The van der Waals surface area contributed by atoms with Crippen LogP contribution in [0.5, 0.6) is 11.5 Å². The summed E-state index contributed by atoms with van der Waals surface area (Å²) in [5.74, 6) is 1.65. The zero-order chi connectivity index (χ0) is 21.1. The lowest BCUT2D eigenvalue weighted by Gasteiger charge is -2.13. The minimum Gasteiger partial charge on any atom is -0.481 e. The molecule has 9 heteroatoms. The highest BCUT2D eigenvalue weighted by Crippen LogP contribution is 2.37. The normalized spacial score (nSPS) is 16.7. The Labute approximate surface area is 182 Å². The Morgan fingerprint density at radius 1 is 1.17 bits per heavy atom. The lowest BCUT2D eigenvalue weighted by Crippen LogP contribution is -2.29. The lowest BCUT2D eigenvalue weighted by molar-refractivity contribution is -0.137. The maximum atomic E-state index is 12.7. The number of thioether (sulfide) groups is 1. The van der Waals surface area contributed by atoms with Gasteiger partial charge >= 0.3 is 5.97 Å². The van der Waals surface area contributed by atoms with Gasteiger partial charge in [-0.05, 0) is 43.2 Å². The van der Waals surface area contributed by atoms with Crippen molar-refractivity contribution in [1.82, 2.24) is 4.90 Å². The molecule has 0 spiro atoms. The van der Waals surface area contributed by atoms with Gasteiger partial charge in [0, 0.05) is 24.6 Å². The summed E-state index contributed by atoms with van der Waals surface area (Å²) >= 11 is 6.58. The second kappa shape index (κ2) is 8.93. The third-order valence-electron chi connectivity index (χ3n) is 4.70. The number of fused-ring (bicyclic) bond motifs is 1. The first kappa shape index (κ1) is 20.5. The SMILES string of the molecule is O=C(O)CCCCCN1C(=O)C(=Cc2ccc(-c3ccc4c(c3)OCO4)o2)SC1=S. The second-order valence-corrected chi connectivity index (χ2v) is 8.48. The number of unbranched alkanes of at least 4 members (excludes halogenated alkanes) is 2. The number of rotatable bonds is 8. The molecule has 0 radical (unpaired) electrons. The largest absolute Gasteiger partial charge is 0.481 e. The Bertz CT molecular complexity index is 1030. The van der Waals surface area contributed by atoms with E-state index >= 15 is 0 Å². The predicted molar refractivity (Wildman–Crippen MR) is 116 cm³/mol. The fourth-order valence-corrected chi connectivity index (χ4v) is 4.47. The minimum atomic E-state index is -0.804. The monoisotopic (exact) mass is 445 g/mol. The summed E-state index contributed by atoms with van der Waals surface area (Å²) in [7, 11) is 0. The number of carboxylic acids is 1. The number of thiocarbonyl (C=S) groups is 1. The van der Waals surface area contributed by atoms with Gasteiger partial charge in [0.05, 0.1) is 4.91 Å². The van der Waals surface area contributed by atoms with Gasteiger partial charge in [0.25, 0.3) is 5.91 Å². The van der Waals surface area contributed by atoms with Crippen molar-refractivity contribution in [1.29, 1.82) is 0 Å². The van der Waals surface area contributed by atoms with Crippen LogP contribution in [0.2, 0.25) is 0 Å². The summed E-state index contributed by atoms with van der Waals surface area (Å²) in [5, 5.41) is 8.68. The van der Waals surface area contributed by atoms with Gasteiger partial charge in [-0.2, -0.15) is 0 Å². The summed E-state index contributed by atoms with van der Waals surface area (Å²) in [5.41, 5.74) is 0.854. The molecule has 2 aliphatic heterocycles. The fourth-order valence-electron chi connectivity index (χ4n) is 3.18. The lowest BCUT2D eigenvalue weighted by atomic mass is 10.1. The number of ether oxygens (including phenoxy) is 2. The summed E-state index contributed by atoms with van der Waals surface area (Å²) in [6.45, 7) is 0.700. The maximum Gasteiger partial charge on any atom is 0.303 e. The first-order valence-electron chi connectivity index (χ1n) is 9.48. The number of carbonyl (C=O) groups is 2. The number of carboxylic acid groups (broad SMARTS) is 1. The molecular formula is C21H19NO6S2. The molecule has 0 aliphatic carbocycles. The van der Waals surface area contributed by atoms with Gasteiger partial charge in [-0.3, -0.25) is 14.5 Å². The van der Waals surface area contributed by atoms with E-state index in [0.29, 0.717) is 51.6 Å². The summed E-state index contributed by atoms with van der Waals surface area (Å²) in [6.07, 6.45) is 3.87. The zero-order valence-corrected chi connectivity index (χ0v) is 17.6. The van der Waals surface area contributed by atoms with Crippen molar-refractivity contribution in [2.45, 2.75) is 25.7 Å². The third-order valence-corrected chi connectivity index (χ3v) is 6.08. The van der Waals surface area contributed by atoms with E-state index in [1.165, 1.54) is 11.8 Å².